The van der Waals surface area contributed by atoms with Gasteiger partial charge in [0.25, 0.3) is 5.95 Å². The van der Waals surface area contributed by atoms with Crippen LogP contribution in [-0.2, 0) is 5.75 Å². The Bertz CT molecular complexity index is 874. The van der Waals surface area contributed by atoms with Crippen molar-refractivity contribution in [2.45, 2.75) is 17.8 Å². The number of nitrogen functional groups attached to an aromatic ring is 1. The smallest absolute Gasteiger partial charge is 0.264 e. The molecule has 3 aromatic rings. The molecule has 0 amide bonds. The van der Waals surface area contributed by atoms with E-state index in [-0.39, 0.29) is 0 Å². The largest absolute Gasteiger partial charge is 0.497 e. The Morgan fingerprint density at radius 2 is 1.88 bits per heavy atom. The van der Waals surface area contributed by atoms with Gasteiger partial charge in [-0.2, -0.15) is 5.10 Å². The van der Waals surface area contributed by atoms with Crippen LogP contribution >= 0.6 is 11.8 Å². The van der Waals surface area contributed by atoms with E-state index < -0.39 is 0 Å². The minimum absolute atomic E-state index is 0.376. The molecule has 1 aromatic heterocycles. The highest BCUT2D eigenvalue weighted by Gasteiger charge is 2.09. The number of ether oxygens (including phenoxy) is 1. The minimum Gasteiger partial charge on any atom is -0.497 e. The van der Waals surface area contributed by atoms with Crippen LogP contribution in [0.15, 0.2) is 58.8 Å². The highest BCUT2D eigenvalue weighted by atomic mass is 32.2. The highest BCUT2D eigenvalue weighted by molar-refractivity contribution is 7.98. The van der Waals surface area contributed by atoms with E-state index >= 15 is 0 Å². The maximum absolute atomic E-state index is 6.03. The molecule has 3 rings (SSSR count). The Labute approximate surface area is 156 Å². The van der Waals surface area contributed by atoms with Gasteiger partial charge in [0.1, 0.15) is 5.75 Å². The number of nitrogens with zero attached hydrogens (tertiary/aromatic N) is 4. The van der Waals surface area contributed by atoms with Gasteiger partial charge in [0.2, 0.25) is 5.16 Å². The molecule has 0 unspecified atom stereocenters. The van der Waals surface area contributed by atoms with Crippen molar-refractivity contribution in [3.63, 3.8) is 0 Å². The first kappa shape index (κ1) is 17.8. The van der Waals surface area contributed by atoms with Crippen molar-refractivity contribution in [1.82, 2.24) is 14.9 Å². The summed E-state index contributed by atoms with van der Waals surface area (Å²) in [4.78, 5) is 0. The average molecular weight is 368 g/mol. The second kappa shape index (κ2) is 8.39. The zero-order valence-electron chi connectivity index (χ0n) is 14.6. The monoisotopic (exact) mass is 368 g/mol. The SMILES string of the molecule is COc1ccc(/C=N/Nc2nnc(SCc3ccc(C)cc3)n2N)cc1. The quantitative estimate of drug-likeness (QED) is 0.288. The molecule has 0 aliphatic carbocycles. The number of methoxy groups -OCH3 is 1. The van der Waals surface area contributed by atoms with Crippen LogP contribution in [0.5, 0.6) is 5.75 Å². The van der Waals surface area contributed by atoms with E-state index in [0.717, 1.165) is 17.1 Å². The molecule has 0 atom stereocenters. The van der Waals surface area contributed by atoms with E-state index in [2.05, 4.69) is 51.9 Å². The van der Waals surface area contributed by atoms with Gasteiger partial charge in [0.05, 0.1) is 13.3 Å². The van der Waals surface area contributed by atoms with Crippen LogP contribution in [0, 0.1) is 6.92 Å². The van der Waals surface area contributed by atoms with Crippen LogP contribution in [0.4, 0.5) is 5.95 Å². The van der Waals surface area contributed by atoms with Crippen molar-refractivity contribution in [1.29, 1.82) is 0 Å². The molecule has 2 aromatic carbocycles. The number of aryl methyl sites for hydroxylation is 1. The number of aromatic nitrogens is 3. The van der Waals surface area contributed by atoms with Gasteiger partial charge in [-0.25, -0.2) is 10.1 Å². The van der Waals surface area contributed by atoms with Crippen LogP contribution in [0.2, 0.25) is 0 Å². The van der Waals surface area contributed by atoms with E-state index in [1.54, 1.807) is 13.3 Å². The molecule has 7 nitrogen and oxygen atoms in total. The summed E-state index contributed by atoms with van der Waals surface area (Å²) in [6, 6.07) is 15.9. The Morgan fingerprint density at radius 1 is 1.15 bits per heavy atom. The fourth-order valence-electron chi connectivity index (χ4n) is 2.14. The molecule has 3 N–H and O–H groups in total. The van der Waals surface area contributed by atoms with Gasteiger partial charge in [-0.05, 0) is 42.3 Å². The van der Waals surface area contributed by atoms with Crippen LogP contribution in [0.3, 0.4) is 0 Å². The van der Waals surface area contributed by atoms with Gasteiger partial charge >= 0.3 is 0 Å². The fraction of sp³-hybridized carbons (Fsp3) is 0.167. The minimum atomic E-state index is 0.376. The van der Waals surface area contributed by atoms with Crippen LogP contribution in [-0.4, -0.2) is 28.2 Å². The number of nitrogens with one attached hydrogen (secondary N) is 1. The molecular formula is C18H20N6OS. The Balaban J connectivity index is 1.57. The highest BCUT2D eigenvalue weighted by Crippen LogP contribution is 2.21. The number of thioether (sulfide) groups is 1. The van der Waals surface area contributed by atoms with Crippen molar-refractivity contribution in [3.05, 3.63) is 65.2 Å². The first-order valence-corrected chi connectivity index (χ1v) is 8.96. The molecular weight excluding hydrogens is 348 g/mol. The lowest BCUT2D eigenvalue weighted by Crippen LogP contribution is -2.13. The molecule has 0 saturated heterocycles. The molecule has 0 aliphatic rings. The number of anilines is 1. The summed E-state index contributed by atoms with van der Waals surface area (Å²) in [6.07, 6.45) is 1.67. The summed E-state index contributed by atoms with van der Waals surface area (Å²) in [7, 11) is 1.63. The molecule has 8 heteroatoms. The molecule has 0 radical (unpaired) electrons. The predicted molar refractivity (Wildman–Crippen MR) is 105 cm³/mol. The van der Waals surface area contributed by atoms with Crippen LogP contribution in [0.25, 0.3) is 0 Å². The molecule has 0 spiro atoms. The van der Waals surface area contributed by atoms with E-state index in [1.807, 2.05) is 24.3 Å². The maximum Gasteiger partial charge on any atom is 0.264 e. The first-order chi connectivity index (χ1) is 12.7. The number of hydrogen-bond acceptors (Lipinski definition) is 7. The molecule has 26 heavy (non-hydrogen) atoms. The Morgan fingerprint density at radius 3 is 2.58 bits per heavy atom. The number of rotatable bonds is 7. The zero-order valence-corrected chi connectivity index (χ0v) is 15.4. The summed E-state index contributed by atoms with van der Waals surface area (Å²) in [6.45, 7) is 2.07. The third-order valence-corrected chi connectivity index (χ3v) is 4.66. The summed E-state index contributed by atoms with van der Waals surface area (Å²) >= 11 is 1.52. The fourth-order valence-corrected chi connectivity index (χ4v) is 2.95. The van der Waals surface area contributed by atoms with Gasteiger partial charge < -0.3 is 10.6 Å². The Kier molecular flexibility index (Phi) is 5.75. The summed E-state index contributed by atoms with van der Waals surface area (Å²) in [5.74, 6) is 7.97. The number of benzene rings is 2. The molecule has 0 saturated carbocycles. The average Bonchev–Trinajstić information content (AvgIpc) is 3.02. The van der Waals surface area contributed by atoms with Gasteiger partial charge in [0.15, 0.2) is 0 Å². The topological polar surface area (TPSA) is 90.3 Å². The lowest BCUT2D eigenvalue weighted by atomic mass is 10.2. The van der Waals surface area contributed by atoms with E-state index in [9.17, 15) is 0 Å². The van der Waals surface area contributed by atoms with Crippen molar-refractivity contribution >= 4 is 23.9 Å². The first-order valence-electron chi connectivity index (χ1n) is 7.97. The van der Waals surface area contributed by atoms with Gasteiger partial charge in [-0.15, -0.1) is 10.2 Å². The summed E-state index contributed by atoms with van der Waals surface area (Å²) in [5.41, 5.74) is 6.17. The lowest BCUT2D eigenvalue weighted by Gasteiger charge is -2.03. The van der Waals surface area contributed by atoms with Crippen LogP contribution < -0.4 is 16.0 Å². The third kappa shape index (κ3) is 4.54. The summed E-state index contributed by atoms with van der Waals surface area (Å²) < 4.78 is 6.51. The normalized spacial score (nSPS) is 11.0. The number of nitrogens with two attached hydrogens (primary N) is 1. The number of hydrazone groups is 1. The van der Waals surface area contributed by atoms with Crippen molar-refractivity contribution in [2.24, 2.45) is 5.10 Å². The van der Waals surface area contributed by atoms with Crippen molar-refractivity contribution in [3.8, 4) is 5.75 Å². The van der Waals surface area contributed by atoms with Gasteiger partial charge in [-0.3, -0.25) is 0 Å². The lowest BCUT2D eigenvalue weighted by molar-refractivity contribution is 0.415. The summed E-state index contributed by atoms with van der Waals surface area (Å²) in [5, 5.41) is 12.9. The number of hydrogen-bond donors (Lipinski definition) is 2. The standard InChI is InChI=1S/C18H20N6OS/c1-13-3-5-15(6-4-13)12-26-18-23-22-17(24(18)19)21-20-11-14-7-9-16(25-2)10-8-14/h3-11H,12,19H2,1-2H3,(H,21,22)/b20-11+. The molecule has 134 valence electrons. The molecule has 1 heterocycles. The Hall–Kier alpha value is -3.00. The second-order valence-corrected chi connectivity index (χ2v) is 6.54. The third-order valence-electron chi connectivity index (χ3n) is 3.65. The van der Waals surface area contributed by atoms with E-state index in [4.69, 9.17) is 10.6 Å². The van der Waals surface area contributed by atoms with Gasteiger partial charge in [-0.1, -0.05) is 41.6 Å². The molecule has 0 aliphatic heterocycles. The van der Waals surface area contributed by atoms with Crippen LogP contribution in [0.1, 0.15) is 16.7 Å². The van der Waals surface area contributed by atoms with Crippen molar-refractivity contribution < 1.29 is 4.74 Å². The molecule has 0 fully saturated rings. The maximum atomic E-state index is 6.03. The van der Waals surface area contributed by atoms with E-state index in [0.29, 0.717) is 11.1 Å². The van der Waals surface area contributed by atoms with Gasteiger partial charge in [0, 0.05) is 5.75 Å². The van der Waals surface area contributed by atoms with E-state index in [1.165, 1.54) is 27.6 Å². The second-order valence-electron chi connectivity index (χ2n) is 5.59. The predicted octanol–water partition coefficient (Wildman–Crippen LogP) is 3.05. The van der Waals surface area contributed by atoms with Crippen molar-refractivity contribution in [2.75, 3.05) is 18.4 Å². The molecule has 0 bridgehead atoms. The zero-order chi connectivity index (χ0) is 18.4.